The highest BCUT2D eigenvalue weighted by atomic mass is 32.1. The predicted octanol–water partition coefficient (Wildman–Crippen LogP) is 3.01. The highest BCUT2D eigenvalue weighted by molar-refractivity contribution is 7.14. The highest BCUT2D eigenvalue weighted by Crippen LogP contribution is 2.27. The lowest BCUT2D eigenvalue weighted by Gasteiger charge is -2.30. The van der Waals surface area contributed by atoms with Gasteiger partial charge in [0, 0.05) is 37.1 Å². The van der Waals surface area contributed by atoms with E-state index < -0.39 is 0 Å². The van der Waals surface area contributed by atoms with Crippen LogP contribution in [0.4, 0.5) is 11.1 Å². The SMILES string of the molecule is N#CCN1CCC[C@H](c2ccnc(Nc3nc(C(=O)N4CCCCC4)cs3)n2)C1. The van der Waals surface area contributed by atoms with Crippen LogP contribution in [0.25, 0.3) is 0 Å². The molecular weight excluding hydrogens is 386 g/mol. The number of aromatic nitrogens is 3. The largest absolute Gasteiger partial charge is 0.337 e. The third kappa shape index (κ3) is 4.89. The van der Waals surface area contributed by atoms with Crippen LogP contribution in [0.5, 0.6) is 0 Å². The van der Waals surface area contributed by atoms with E-state index >= 15 is 0 Å². The van der Waals surface area contributed by atoms with E-state index in [1.54, 1.807) is 11.6 Å². The first-order chi connectivity index (χ1) is 14.2. The Morgan fingerprint density at radius 1 is 1.24 bits per heavy atom. The van der Waals surface area contributed by atoms with E-state index in [-0.39, 0.29) is 5.91 Å². The maximum atomic E-state index is 12.6. The molecule has 2 fully saturated rings. The Labute approximate surface area is 174 Å². The third-order valence-electron chi connectivity index (χ3n) is 5.48. The fraction of sp³-hybridized carbons (Fsp3) is 0.550. The minimum atomic E-state index is 0.00320. The molecule has 0 unspecified atom stereocenters. The van der Waals surface area contributed by atoms with Crippen LogP contribution >= 0.6 is 11.3 Å². The molecule has 0 spiro atoms. The van der Waals surface area contributed by atoms with Crippen molar-refractivity contribution in [2.45, 2.75) is 38.0 Å². The zero-order valence-corrected chi connectivity index (χ0v) is 17.2. The van der Waals surface area contributed by atoms with Crippen molar-refractivity contribution in [2.75, 3.05) is 38.0 Å². The van der Waals surface area contributed by atoms with E-state index in [4.69, 9.17) is 5.26 Å². The van der Waals surface area contributed by atoms with Gasteiger partial charge in [0.2, 0.25) is 5.95 Å². The number of amides is 1. The van der Waals surface area contributed by atoms with Gasteiger partial charge in [-0.1, -0.05) is 0 Å². The monoisotopic (exact) mass is 411 g/mol. The molecule has 0 saturated carbocycles. The van der Waals surface area contributed by atoms with Gasteiger partial charge in [0.15, 0.2) is 5.13 Å². The number of rotatable bonds is 5. The summed E-state index contributed by atoms with van der Waals surface area (Å²) in [6.45, 7) is 3.89. The van der Waals surface area contributed by atoms with E-state index in [0.717, 1.165) is 57.6 Å². The lowest BCUT2D eigenvalue weighted by atomic mass is 9.94. The molecule has 29 heavy (non-hydrogen) atoms. The summed E-state index contributed by atoms with van der Waals surface area (Å²) in [5.74, 6) is 0.794. The van der Waals surface area contributed by atoms with Crippen molar-refractivity contribution in [2.24, 2.45) is 0 Å². The van der Waals surface area contributed by atoms with E-state index in [1.165, 1.54) is 17.8 Å². The predicted molar refractivity (Wildman–Crippen MR) is 111 cm³/mol. The minimum absolute atomic E-state index is 0.00320. The second-order valence-corrected chi connectivity index (χ2v) is 8.41. The van der Waals surface area contributed by atoms with Gasteiger partial charge in [0.1, 0.15) is 5.69 Å². The normalized spacial score (nSPS) is 20.2. The Hall–Kier alpha value is -2.57. The number of piperidine rings is 2. The molecule has 0 aromatic carbocycles. The molecule has 0 radical (unpaired) electrons. The number of hydrogen-bond acceptors (Lipinski definition) is 8. The van der Waals surface area contributed by atoms with Gasteiger partial charge in [-0.05, 0) is 44.7 Å². The summed E-state index contributed by atoms with van der Waals surface area (Å²) < 4.78 is 0. The van der Waals surface area contributed by atoms with Gasteiger partial charge in [-0.3, -0.25) is 9.69 Å². The van der Waals surface area contributed by atoms with Gasteiger partial charge >= 0.3 is 0 Å². The molecule has 2 saturated heterocycles. The molecule has 4 heterocycles. The highest BCUT2D eigenvalue weighted by Gasteiger charge is 2.23. The summed E-state index contributed by atoms with van der Waals surface area (Å²) in [5.41, 5.74) is 1.46. The van der Waals surface area contributed by atoms with Crippen molar-refractivity contribution in [3.63, 3.8) is 0 Å². The van der Waals surface area contributed by atoms with Crippen LogP contribution in [-0.2, 0) is 0 Å². The van der Waals surface area contributed by atoms with Crippen LogP contribution in [0, 0.1) is 11.3 Å². The van der Waals surface area contributed by atoms with Gasteiger partial charge in [-0.15, -0.1) is 11.3 Å². The number of nitrogens with zero attached hydrogens (tertiary/aromatic N) is 6. The topological polar surface area (TPSA) is 98.0 Å². The van der Waals surface area contributed by atoms with Gasteiger partial charge in [0.05, 0.1) is 18.3 Å². The number of carbonyl (C=O) groups is 1. The number of carbonyl (C=O) groups excluding carboxylic acids is 1. The molecule has 2 aliphatic rings. The molecule has 2 aliphatic heterocycles. The first-order valence-corrected chi connectivity index (χ1v) is 11.0. The molecule has 152 valence electrons. The fourth-order valence-electron chi connectivity index (χ4n) is 3.98. The van der Waals surface area contributed by atoms with Crippen molar-refractivity contribution in [1.82, 2.24) is 24.8 Å². The van der Waals surface area contributed by atoms with Crippen LogP contribution < -0.4 is 5.32 Å². The Balaban J connectivity index is 1.41. The van der Waals surface area contributed by atoms with Crippen LogP contribution in [0.15, 0.2) is 17.6 Å². The standard InChI is InChI=1S/C20H25N7OS/c21-7-12-26-9-4-5-15(13-26)16-6-8-22-19(23-16)25-20-24-17(14-29-20)18(28)27-10-2-1-3-11-27/h6,8,14-15H,1-5,9-13H2,(H,22,23,24,25)/t15-/m0/s1. The quantitative estimate of drug-likeness (QED) is 0.755. The molecule has 9 heteroatoms. The van der Waals surface area contributed by atoms with Crippen LogP contribution in [0.1, 0.15) is 54.2 Å². The first kappa shape index (κ1) is 19.7. The number of anilines is 2. The molecule has 0 aliphatic carbocycles. The Bertz CT molecular complexity index is 887. The second-order valence-electron chi connectivity index (χ2n) is 7.55. The van der Waals surface area contributed by atoms with Crippen molar-refractivity contribution in [1.29, 1.82) is 5.26 Å². The summed E-state index contributed by atoms with van der Waals surface area (Å²) >= 11 is 1.39. The van der Waals surface area contributed by atoms with Gasteiger partial charge in [-0.25, -0.2) is 15.0 Å². The maximum absolute atomic E-state index is 12.6. The first-order valence-electron chi connectivity index (χ1n) is 10.2. The molecule has 4 rings (SSSR count). The van der Waals surface area contributed by atoms with E-state index in [1.807, 2.05) is 11.0 Å². The molecule has 1 amide bonds. The van der Waals surface area contributed by atoms with Gasteiger partial charge in [0.25, 0.3) is 5.91 Å². The summed E-state index contributed by atoms with van der Waals surface area (Å²) in [7, 11) is 0. The van der Waals surface area contributed by atoms with Gasteiger partial charge < -0.3 is 10.2 Å². The van der Waals surface area contributed by atoms with Crippen LogP contribution in [-0.4, -0.2) is 63.4 Å². The fourth-order valence-corrected chi connectivity index (χ4v) is 4.66. The lowest BCUT2D eigenvalue weighted by Crippen LogP contribution is -2.35. The second kappa shape index (κ2) is 9.29. The van der Waals surface area contributed by atoms with Crippen molar-refractivity contribution in [3.05, 3.63) is 29.0 Å². The average Bonchev–Trinajstić information content (AvgIpc) is 3.23. The van der Waals surface area contributed by atoms with E-state index in [2.05, 4.69) is 31.2 Å². The average molecular weight is 412 g/mol. The Kier molecular flexibility index (Phi) is 6.32. The van der Waals surface area contributed by atoms with Crippen molar-refractivity contribution in [3.8, 4) is 6.07 Å². The third-order valence-corrected chi connectivity index (χ3v) is 6.24. The lowest BCUT2D eigenvalue weighted by molar-refractivity contribution is 0.0719. The zero-order valence-electron chi connectivity index (χ0n) is 16.4. The maximum Gasteiger partial charge on any atom is 0.273 e. The van der Waals surface area contributed by atoms with E-state index in [9.17, 15) is 4.79 Å². The van der Waals surface area contributed by atoms with Crippen LogP contribution in [0.2, 0.25) is 0 Å². The molecule has 1 N–H and O–H groups in total. The summed E-state index contributed by atoms with van der Waals surface area (Å²) in [4.78, 5) is 30.1. The van der Waals surface area contributed by atoms with Crippen molar-refractivity contribution >= 4 is 28.3 Å². The molecule has 2 aromatic heterocycles. The number of nitriles is 1. The molecule has 0 bridgehead atoms. The number of thiazole rings is 1. The molecular formula is C20H25N7OS. The summed E-state index contributed by atoms with van der Waals surface area (Å²) in [5, 5.41) is 14.5. The van der Waals surface area contributed by atoms with Crippen molar-refractivity contribution < 1.29 is 4.79 Å². The molecule has 1 atom stereocenters. The number of hydrogen-bond donors (Lipinski definition) is 1. The Morgan fingerprint density at radius 2 is 2.10 bits per heavy atom. The smallest absolute Gasteiger partial charge is 0.273 e. The zero-order chi connectivity index (χ0) is 20.1. The number of nitrogens with one attached hydrogen (secondary N) is 1. The minimum Gasteiger partial charge on any atom is -0.337 e. The molecule has 2 aromatic rings. The summed E-state index contributed by atoms with van der Waals surface area (Å²) in [6, 6.07) is 4.17. The van der Waals surface area contributed by atoms with E-state index in [0.29, 0.717) is 29.2 Å². The van der Waals surface area contributed by atoms with Crippen LogP contribution in [0.3, 0.4) is 0 Å². The molecule has 8 nitrogen and oxygen atoms in total. The Morgan fingerprint density at radius 3 is 2.93 bits per heavy atom. The summed E-state index contributed by atoms with van der Waals surface area (Å²) in [6.07, 6.45) is 7.19. The number of likely N-dealkylation sites (tertiary alicyclic amines) is 2. The van der Waals surface area contributed by atoms with Gasteiger partial charge in [-0.2, -0.15) is 5.26 Å².